The van der Waals surface area contributed by atoms with Gasteiger partial charge in [0.05, 0.1) is 11.6 Å². The average Bonchev–Trinajstić information content (AvgIpc) is 2.57. The minimum Gasteiger partial charge on any atom is -0.368 e. The third kappa shape index (κ3) is 4.25. The maximum atomic E-state index is 12.3. The fourth-order valence-corrected chi connectivity index (χ4v) is 2.64. The molecule has 0 unspecified atom stereocenters. The summed E-state index contributed by atoms with van der Waals surface area (Å²) in [4.78, 5) is 23.9. The summed E-state index contributed by atoms with van der Waals surface area (Å²) in [5.41, 5.74) is 6.65. The van der Waals surface area contributed by atoms with Gasteiger partial charge in [0.1, 0.15) is 6.04 Å². The van der Waals surface area contributed by atoms with E-state index in [9.17, 15) is 9.59 Å². The van der Waals surface area contributed by atoms with Crippen LogP contribution >= 0.6 is 23.2 Å². The largest absolute Gasteiger partial charge is 0.368 e. The highest BCUT2D eigenvalue weighted by Gasteiger charge is 2.22. The summed E-state index contributed by atoms with van der Waals surface area (Å²) in [6.45, 7) is 0. The summed E-state index contributed by atoms with van der Waals surface area (Å²) >= 11 is 12.2. The highest BCUT2D eigenvalue weighted by molar-refractivity contribution is 6.36. The van der Waals surface area contributed by atoms with Crippen LogP contribution in [0.25, 0.3) is 0 Å². The number of rotatable bonds is 5. The number of halogens is 2. The van der Waals surface area contributed by atoms with Crippen LogP contribution in [0.15, 0.2) is 42.5 Å². The summed E-state index contributed by atoms with van der Waals surface area (Å²) in [7, 11) is 0. The van der Waals surface area contributed by atoms with Crippen molar-refractivity contribution < 1.29 is 9.59 Å². The Kier molecular flexibility index (Phi) is 5.80. The van der Waals surface area contributed by atoms with Gasteiger partial charge in [-0.1, -0.05) is 29.3 Å². The first kappa shape index (κ1) is 17.8. The molecule has 0 saturated heterocycles. The number of carbonyl (C=O) groups excluding carboxylic acids is 2. The normalized spacial score (nSPS) is 11.4. The molecule has 122 valence electrons. The molecule has 0 aliphatic rings. The molecule has 2 aromatic rings. The van der Waals surface area contributed by atoms with Crippen molar-refractivity contribution in [2.45, 2.75) is 12.5 Å². The molecule has 0 aromatic heterocycles. The van der Waals surface area contributed by atoms with Gasteiger partial charge >= 0.3 is 0 Å². The molecule has 0 bridgehead atoms. The zero-order chi connectivity index (χ0) is 17.7. The lowest BCUT2D eigenvalue weighted by molar-refractivity contribution is -0.119. The molecule has 2 rings (SSSR count). The Morgan fingerprint density at radius 2 is 1.71 bits per heavy atom. The van der Waals surface area contributed by atoms with E-state index in [4.69, 9.17) is 34.2 Å². The third-order valence-corrected chi connectivity index (χ3v) is 4.10. The van der Waals surface area contributed by atoms with Crippen molar-refractivity contribution in [1.29, 1.82) is 5.26 Å². The summed E-state index contributed by atoms with van der Waals surface area (Å²) in [5.74, 6) is -1.18. The van der Waals surface area contributed by atoms with Crippen LogP contribution in [0.2, 0.25) is 10.0 Å². The highest BCUT2D eigenvalue weighted by Crippen LogP contribution is 2.25. The van der Waals surface area contributed by atoms with Crippen LogP contribution in [-0.2, 0) is 11.2 Å². The molecular formula is C17H13Cl2N3O2. The average molecular weight is 362 g/mol. The number of amides is 2. The maximum absolute atomic E-state index is 12.3. The van der Waals surface area contributed by atoms with Crippen LogP contribution in [0.3, 0.4) is 0 Å². The van der Waals surface area contributed by atoms with Crippen LogP contribution in [0.5, 0.6) is 0 Å². The topological polar surface area (TPSA) is 96.0 Å². The Labute approximate surface area is 149 Å². The lowest BCUT2D eigenvalue weighted by Gasteiger charge is -2.17. The van der Waals surface area contributed by atoms with Crippen molar-refractivity contribution in [3.63, 3.8) is 0 Å². The van der Waals surface area contributed by atoms with E-state index in [1.807, 2.05) is 6.07 Å². The minimum absolute atomic E-state index is 0.0792. The van der Waals surface area contributed by atoms with Crippen LogP contribution in [0, 0.1) is 11.3 Å². The Morgan fingerprint density at radius 1 is 1.12 bits per heavy atom. The molecule has 2 amide bonds. The summed E-state index contributed by atoms with van der Waals surface area (Å²) < 4.78 is 0. The van der Waals surface area contributed by atoms with Gasteiger partial charge in [0.15, 0.2) is 0 Å². The lowest BCUT2D eigenvalue weighted by Crippen LogP contribution is -2.46. The smallest absolute Gasteiger partial charge is 0.251 e. The highest BCUT2D eigenvalue weighted by atomic mass is 35.5. The van der Waals surface area contributed by atoms with Gasteiger partial charge in [0.25, 0.3) is 5.91 Å². The summed E-state index contributed by atoms with van der Waals surface area (Å²) in [6, 6.07) is 12.0. The molecule has 0 spiro atoms. The monoisotopic (exact) mass is 361 g/mol. The number of nitrogens with two attached hydrogens (primary N) is 1. The molecule has 0 radical (unpaired) electrons. The Hall–Kier alpha value is -2.55. The minimum atomic E-state index is -0.967. The molecule has 1 atom stereocenters. The molecule has 7 heteroatoms. The predicted octanol–water partition coefficient (Wildman–Crippen LogP) is 2.69. The standard InChI is InChI=1S/C17H13Cl2N3O2/c18-13-2-1-3-14(19)12(13)8-15(16(21)23)22-17(24)11-6-4-10(9-20)5-7-11/h1-7,15H,8H2,(H2,21,23)(H,22,24)/t15-/m1/s1. The van der Waals surface area contributed by atoms with E-state index in [2.05, 4.69) is 5.32 Å². The van der Waals surface area contributed by atoms with E-state index in [0.717, 1.165) is 0 Å². The first-order valence-electron chi connectivity index (χ1n) is 6.95. The number of carbonyl (C=O) groups is 2. The van der Waals surface area contributed by atoms with Gasteiger partial charge in [-0.2, -0.15) is 5.26 Å². The number of nitriles is 1. The fourth-order valence-electron chi connectivity index (χ4n) is 2.09. The number of primary amides is 1. The molecule has 5 nitrogen and oxygen atoms in total. The zero-order valence-electron chi connectivity index (χ0n) is 12.4. The van der Waals surface area contributed by atoms with Crippen molar-refractivity contribution in [3.05, 3.63) is 69.2 Å². The molecule has 0 heterocycles. The summed E-state index contributed by atoms with van der Waals surface area (Å²) in [5, 5.41) is 12.1. The fraction of sp³-hybridized carbons (Fsp3) is 0.118. The second kappa shape index (κ2) is 7.82. The van der Waals surface area contributed by atoms with Crippen LogP contribution in [-0.4, -0.2) is 17.9 Å². The van der Waals surface area contributed by atoms with Crippen molar-refractivity contribution in [2.75, 3.05) is 0 Å². The number of nitrogens with zero attached hydrogens (tertiary/aromatic N) is 1. The van der Waals surface area contributed by atoms with Crippen LogP contribution < -0.4 is 11.1 Å². The van der Waals surface area contributed by atoms with E-state index in [0.29, 0.717) is 26.7 Å². The molecule has 0 aliphatic carbocycles. The van der Waals surface area contributed by atoms with E-state index >= 15 is 0 Å². The van der Waals surface area contributed by atoms with Gasteiger partial charge in [-0.3, -0.25) is 9.59 Å². The molecule has 3 N–H and O–H groups in total. The van der Waals surface area contributed by atoms with Gasteiger partial charge in [-0.25, -0.2) is 0 Å². The quantitative estimate of drug-likeness (QED) is 0.856. The predicted molar refractivity (Wildman–Crippen MR) is 91.8 cm³/mol. The van der Waals surface area contributed by atoms with Crippen molar-refractivity contribution in [2.24, 2.45) is 5.73 Å². The van der Waals surface area contributed by atoms with E-state index < -0.39 is 17.9 Å². The van der Waals surface area contributed by atoms with Crippen LogP contribution in [0.4, 0.5) is 0 Å². The number of hydrogen-bond donors (Lipinski definition) is 2. The first-order chi connectivity index (χ1) is 11.4. The van der Waals surface area contributed by atoms with Gasteiger partial charge in [-0.15, -0.1) is 0 Å². The van der Waals surface area contributed by atoms with E-state index in [-0.39, 0.29) is 6.42 Å². The Balaban J connectivity index is 2.18. The number of nitrogens with one attached hydrogen (secondary N) is 1. The third-order valence-electron chi connectivity index (χ3n) is 3.39. The molecule has 0 saturated carbocycles. The van der Waals surface area contributed by atoms with E-state index in [1.165, 1.54) is 24.3 Å². The zero-order valence-corrected chi connectivity index (χ0v) is 13.9. The van der Waals surface area contributed by atoms with Gasteiger partial charge in [0.2, 0.25) is 5.91 Å². The molecular weight excluding hydrogens is 349 g/mol. The van der Waals surface area contributed by atoms with Gasteiger partial charge in [0, 0.05) is 22.0 Å². The second-order valence-electron chi connectivity index (χ2n) is 5.02. The molecule has 0 fully saturated rings. The first-order valence-corrected chi connectivity index (χ1v) is 7.71. The maximum Gasteiger partial charge on any atom is 0.251 e. The van der Waals surface area contributed by atoms with Crippen molar-refractivity contribution in [1.82, 2.24) is 5.32 Å². The summed E-state index contributed by atoms with van der Waals surface area (Å²) in [6.07, 6.45) is 0.0792. The Bertz CT molecular complexity index is 793. The molecule has 0 aliphatic heterocycles. The van der Waals surface area contributed by atoms with E-state index in [1.54, 1.807) is 18.2 Å². The SMILES string of the molecule is N#Cc1ccc(C(=O)N[C@H](Cc2c(Cl)cccc2Cl)C(N)=O)cc1. The molecule has 2 aromatic carbocycles. The second-order valence-corrected chi connectivity index (χ2v) is 5.84. The molecule has 24 heavy (non-hydrogen) atoms. The number of benzene rings is 2. The van der Waals surface area contributed by atoms with Crippen LogP contribution in [0.1, 0.15) is 21.5 Å². The van der Waals surface area contributed by atoms with Crippen molar-refractivity contribution in [3.8, 4) is 6.07 Å². The van der Waals surface area contributed by atoms with Gasteiger partial charge in [-0.05, 0) is 42.0 Å². The van der Waals surface area contributed by atoms with Gasteiger partial charge < -0.3 is 11.1 Å². The number of hydrogen-bond acceptors (Lipinski definition) is 3. The Morgan fingerprint density at radius 3 is 2.21 bits per heavy atom. The van der Waals surface area contributed by atoms with Crippen molar-refractivity contribution >= 4 is 35.0 Å². The lowest BCUT2D eigenvalue weighted by atomic mass is 10.0.